The van der Waals surface area contributed by atoms with Crippen molar-refractivity contribution in [2.45, 2.75) is 18.2 Å². The third-order valence-electron chi connectivity index (χ3n) is 3.00. The highest BCUT2D eigenvalue weighted by molar-refractivity contribution is 7.89. The molecular weight excluding hydrogens is 278 g/mol. The number of nitrogens with zero attached hydrogens (tertiary/aromatic N) is 3. The molecule has 20 heavy (non-hydrogen) atoms. The van der Waals surface area contributed by atoms with Crippen LogP contribution in [0.2, 0.25) is 0 Å². The maximum absolute atomic E-state index is 12.1. The molecule has 7 nitrogen and oxygen atoms in total. The number of sulfonamides is 1. The third-order valence-corrected chi connectivity index (χ3v) is 4.46. The van der Waals surface area contributed by atoms with Gasteiger partial charge in [-0.05, 0) is 30.7 Å². The molecule has 0 fully saturated rings. The minimum atomic E-state index is -3.53. The van der Waals surface area contributed by atoms with Crippen molar-refractivity contribution < 1.29 is 8.42 Å². The number of aromatic nitrogens is 3. The van der Waals surface area contributed by atoms with Crippen molar-refractivity contribution in [1.29, 1.82) is 0 Å². The zero-order chi connectivity index (χ0) is 14.8. The predicted molar refractivity (Wildman–Crippen MR) is 75.5 cm³/mol. The first-order chi connectivity index (χ1) is 9.40. The smallest absolute Gasteiger partial charge is 0.240 e. The average molecular weight is 295 g/mol. The Hall–Kier alpha value is -1.93. The first-order valence-corrected chi connectivity index (χ1v) is 7.57. The second-order valence-corrected chi connectivity index (χ2v) is 6.29. The van der Waals surface area contributed by atoms with Crippen LogP contribution in [0.25, 0.3) is 0 Å². The normalized spacial score (nSPS) is 11.7. The topological polar surface area (TPSA) is 103 Å². The maximum atomic E-state index is 12.1. The van der Waals surface area contributed by atoms with E-state index in [0.717, 1.165) is 11.4 Å². The third kappa shape index (κ3) is 3.14. The van der Waals surface area contributed by atoms with E-state index in [9.17, 15) is 8.42 Å². The molecule has 0 saturated carbocycles. The SMILES string of the molecule is Cc1cc(S(=O)(=O)NCCc2nncn2C)ccc1N. The number of benzene rings is 1. The number of hydrogen-bond acceptors (Lipinski definition) is 5. The minimum absolute atomic E-state index is 0.210. The first-order valence-electron chi connectivity index (χ1n) is 6.09. The van der Waals surface area contributed by atoms with Gasteiger partial charge in [0, 0.05) is 25.7 Å². The molecule has 1 aromatic heterocycles. The highest BCUT2D eigenvalue weighted by Crippen LogP contribution is 2.16. The van der Waals surface area contributed by atoms with E-state index in [2.05, 4.69) is 14.9 Å². The fourth-order valence-electron chi connectivity index (χ4n) is 1.73. The van der Waals surface area contributed by atoms with Crippen LogP contribution in [0.5, 0.6) is 0 Å². The molecule has 1 aromatic carbocycles. The number of hydrogen-bond donors (Lipinski definition) is 2. The standard InChI is InChI=1S/C12H17N5O2S/c1-9-7-10(3-4-11(9)13)20(18,19)15-6-5-12-16-14-8-17(12)2/h3-4,7-8,15H,5-6,13H2,1-2H3. The van der Waals surface area contributed by atoms with Crippen LogP contribution in [0.1, 0.15) is 11.4 Å². The molecule has 0 saturated heterocycles. The van der Waals surface area contributed by atoms with E-state index in [1.807, 2.05) is 7.05 Å². The van der Waals surface area contributed by atoms with Gasteiger partial charge >= 0.3 is 0 Å². The van der Waals surface area contributed by atoms with Gasteiger partial charge in [0.05, 0.1) is 4.90 Å². The van der Waals surface area contributed by atoms with E-state index in [4.69, 9.17) is 5.73 Å². The van der Waals surface area contributed by atoms with Gasteiger partial charge in [-0.1, -0.05) is 0 Å². The van der Waals surface area contributed by atoms with Gasteiger partial charge in [0.25, 0.3) is 0 Å². The van der Waals surface area contributed by atoms with Gasteiger partial charge in [-0.3, -0.25) is 0 Å². The molecule has 2 aromatic rings. The Kier molecular flexibility index (Phi) is 4.05. The number of nitrogens with two attached hydrogens (primary N) is 1. The number of nitrogens with one attached hydrogen (secondary N) is 1. The van der Waals surface area contributed by atoms with Crippen molar-refractivity contribution in [2.24, 2.45) is 7.05 Å². The second-order valence-electron chi connectivity index (χ2n) is 4.52. The molecule has 8 heteroatoms. The summed E-state index contributed by atoms with van der Waals surface area (Å²) in [4.78, 5) is 0.210. The number of aryl methyl sites for hydroxylation is 2. The fourth-order valence-corrected chi connectivity index (χ4v) is 2.85. The van der Waals surface area contributed by atoms with Crippen molar-refractivity contribution in [3.8, 4) is 0 Å². The molecule has 0 aliphatic rings. The Labute approximate surface area is 117 Å². The molecule has 108 valence electrons. The van der Waals surface area contributed by atoms with Gasteiger partial charge < -0.3 is 10.3 Å². The summed E-state index contributed by atoms with van der Waals surface area (Å²) in [5.74, 6) is 0.723. The summed E-state index contributed by atoms with van der Waals surface area (Å²) in [5.41, 5.74) is 6.99. The summed E-state index contributed by atoms with van der Waals surface area (Å²) in [6, 6.07) is 4.64. The number of rotatable bonds is 5. The van der Waals surface area contributed by atoms with Crippen molar-refractivity contribution in [3.05, 3.63) is 35.9 Å². The fraction of sp³-hybridized carbons (Fsp3) is 0.333. The molecule has 0 aliphatic carbocycles. The maximum Gasteiger partial charge on any atom is 0.240 e. The van der Waals surface area contributed by atoms with Crippen LogP contribution >= 0.6 is 0 Å². The molecule has 3 N–H and O–H groups in total. The van der Waals surface area contributed by atoms with Crippen molar-refractivity contribution in [1.82, 2.24) is 19.5 Å². The molecule has 0 amide bonds. The van der Waals surface area contributed by atoms with Gasteiger partial charge in [0.15, 0.2) is 0 Å². The Bertz CT molecular complexity index is 708. The Morgan fingerprint density at radius 2 is 2.15 bits per heavy atom. The largest absolute Gasteiger partial charge is 0.399 e. The number of anilines is 1. The summed E-state index contributed by atoms with van der Waals surface area (Å²) in [6.07, 6.45) is 2.05. The van der Waals surface area contributed by atoms with Crippen molar-refractivity contribution >= 4 is 15.7 Å². The van der Waals surface area contributed by atoms with E-state index in [-0.39, 0.29) is 11.4 Å². The molecule has 0 unspecified atom stereocenters. The molecule has 1 heterocycles. The quantitative estimate of drug-likeness (QED) is 0.768. The molecule has 0 aliphatic heterocycles. The van der Waals surface area contributed by atoms with E-state index < -0.39 is 10.0 Å². The molecule has 0 bridgehead atoms. The lowest BCUT2D eigenvalue weighted by atomic mass is 10.2. The van der Waals surface area contributed by atoms with Crippen molar-refractivity contribution in [3.63, 3.8) is 0 Å². The van der Waals surface area contributed by atoms with Crippen LogP contribution in [0.3, 0.4) is 0 Å². The van der Waals surface area contributed by atoms with E-state index in [0.29, 0.717) is 12.1 Å². The molecule has 0 atom stereocenters. The van der Waals surface area contributed by atoms with Crippen molar-refractivity contribution in [2.75, 3.05) is 12.3 Å². The summed E-state index contributed by atoms with van der Waals surface area (Å²) in [7, 11) is -1.72. The van der Waals surface area contributed by atoms with Crippen LogP contribution in [0.15, 0.2) is 29.4 Å². The van der Waals surface area contributed by atoms with Crippen LogP contribution in [-0.2, 0) is 23.5 Å². The summed E-state index contributed by atoms with van der Waals surface area (Å²) < 4.78 is 28.5. The van der Waals surface area contributed by atoms with Gasteiger partial charge in [-0.2, -0.15) is 0 Å². The lowest BCUT2D eigenvalue weighted by Gasteiger charge is -2.08. The van der Waals surface area contributed by atoms with E-state index in [1.165, 1.54) is 6.07 Å². The van der Waals surface area contributed by atoms with E-state index in [1.54, 1.807) is 30.0 Å². The van der Waals surface area contributed by atoms with Crippen LogP contribution < -0.4 is 10.5 Å². The molecule has 0 radical (unpaired) electrons. The van der Waals surface area contributed by atoms with Crippen LogP contribution in [0, 0.1) is 6.92 Å². The Morgan fingerprint density at radius 1 is 1.40 bits per heavy atom. The van der Waals surface area contributed by atoms with Gasteiger partial charge in [-0.15, -0.1) is 10.2 Å². The van der Waals surface area contributed by atoms with Gasteiger partial charge in [-0.25, -0.2) is 13.1 Å². The minimum Gasteiger partial charge on any atom is -0.399 e. The number of nitrogen functional groups attached to an aromatic ring is 1. The highest BCUT2D eigenvalue weighted by atomic mass is 32.2. The zero-order valence-electron chi connectivity index (χ0n) is 11.4. The average Bonchev–Trinajstić information content (AvgIpc) is 2.78. The summed E-state index contributed by atoms with van der Waals surface area (Å²) in [6.45, 7) is 2.03. The van der Waals surface area contributed by atoms with E-state index >= 15 is 0 Å². The lowest BCUT2D eigenvalue weighted by molar-refractivity contribution is 0.580. The zero-order valence-corrected chi connectivity index (χ0v) is 12.2. The van der Waals surface area contributed by atoms with Crippen LogP contribution in [-0.4, -0.2) is 29.7 Å². The molecule has 2 rings (SSSR count). The lowest BCUT2D eigenvalue weighted by Crippen LogP contribution is -2.26. The van der Waals surface area contributed by atoms with Gasteiger partial charge in [0.1, 0.15) is 12.2 Å². The Morgan fingerprint density at radius 3 is 2.75 bits per heavy atom. The van der Waals surface area contributed by atoms with Gasteiger partial charge in [0.2, 0.25) is 10.0 Å². The second kappa shape index (κ2) is 5.59. The Balaban J connectivity index is 2.04. The monoisotopic (exact) mass is 295 g/mol. The van der Waals surface area contributed by atoms with Crippen LogP contribution in [0.4, 0.5) is 5.69 Å². The summed E-state index contributed by atoms with van der Waals surface area (Å²) in [5, 5.41) is 7.63. The summed E-state index contributed by atoms with van der Waals surface area (Å²) >= 11 is 0. The highest BCUT2D eigenvalue weighted by Gasteiger charge is 2.14. The molecular formula is C12H17N5O2S. The first kappa shape index (κ1) is 14.5. The molecule has 0 spiro atoms. The predicted octanol–water partition coefficient (Wildman–Crippen LogP) is 0.227.